The molecule has 0 aliphatic heterocycles. The topological polar surface area (TPSA) is 12.0 Å². The van der Waals surface area contributed by atoms with Crippen LogP contribution in [0.1, 0.15) is 13.3 Å². The van der Waals surface area contributed by atoms with Crippen molar-refractivity contribution in [3.05, 3.63) is 12.7 Å². The lowest BCUT2D eigenvalue weighted by Crippen LogP contribution is -2.12. The van der Waals surface area contributed by atoms with Crippen LogP contribution >= 0.6 is 0 Å². The van der Waals surface area contributed by atoms with E-state index in [1.54, 1.807) is 0 Å². The van der Waals surface area contributed by atoms with Gasteiger partial charge in [-0.3, -0.25) is 0 Å². The Kier molecular flexibility index (Phi) is 6.66. The van der Waals surface area contributed by atoms with E-state index in [2.05, 4.69) is 23.7 Å². The number of hydrogen-bond donors (Lipinski definition) is 1. The van der Waals surface area contributed by atoms with Gasteiger partial charge < -0.3 is 5.32 Å². The summed E-state index contributed by atoms with van der Waals surface area (Å²) in [6.45, 7) is 7.23. The number of nitrogens with one attached hydrogen (secondary N) is 1. The minimum Gasteiger partial charge on any atom is -0.303 e. The van der Waals surface area contributed by atoms with E-state index in [-0.39, 0.29) is 0 Å². The van der Waals surface area contributed by atoms with Crippen LogP contribution in [0.25, 0.3) is 0 Å². The summed E-state index contributed by atoms with van der Waals surface area (Å²) in [6.07, 6.45) is 2.77. The van der Waals surface area contributed by atoms with E-state index in [1.165, 1.54) is 0 Å². The first-order valence-electron chi connectivity index (χ1n) is 3.19. The summed E-state index contributed by atoms with van der Waals surface area (Å²) in [7, 11) is 0. The van der Waals surface area contributed by atoms with Crippen molar-refractivity contribution in [1.29, 1.82) is 0 Å². The van der Waals surface area contributed by atoms with E-state index in [9.17, 15) is 0 Å². The maximum Gasteiger partial charge on any atom is 0.0578 e. The Morgan fingerprint density at radius 2 is 2.33 bits per heavy atom. The fourth-order valence-electron chi connectivity index (χ4n) is 0.424. The second kappa shape index (κ2) is 7.26. The first-order valence-corrected chi connectivity index (χ1v) is 3.19. The molecule has 50 valence electrons. The number of hydrogen-bond acceptors (Lipinski definition) is 1. The van der Waals surface area contributed by atoms with Gasteiger partial charge in [-0.2, -0.15) is 0 Å². The maximum atomic E-state index is 3.57. The molecule has 0 aliphatic carbocycles. The smallest absolute Gasteiger partial charge is 0.0578 e. The molecule has 0 aromatic rings. The minimum absolute atomic E-state index is 0.778. The molecule has 9 heavy (non-hydrogen) atoms. The van der Waals surface area contributed by atoms with Crippen molar-refractivity contribution in [3.63, 3.8) is 0 Å². The van der Waals surface area contributed by atoms with Gasteiger partial charge in [-0.25, -0.2) is 0 Å². The van der Waals surface area contributed by atoms with Crippen molar-refractivity contribution in [3.8, 4) is 11.8 Å². The van der Waals surface area contributed by atoms with Crippen LogP contribution in [0.2, 0.25) is 0 Å². The zero-order valence-electron chi connectivity index (χ0n) is 5.91. The third-order valence-corrected chi connectivity index (χ3v) is 0.804. The van der Waals surface area contributed by atoms with E-state index < -0.39 is 0 Å². The zero-order valence-corrected chi connectivity index (χ0v) is 5.91. The monoisotopic (exact) mass is 123 g/mol. The van der Waals surface area contributed by atoms with Crippen LogP contribution in [0.3, 0.4) is 0 Å². The zero-order chi connectivity index (χ0) is 6.95. The molecule has 0 aromatic heterocycles. The molecular weight excluding hydrogens is 110 g/mol. The minimum atomic E-state index is 0.778. The Labute approximate surface area is 57.2 Å². The van der Waals surface area contributed by atoms with E-state index in [1.807, 2.05) is 13.0 Å². The van der Waals surface area contributed by atoms with Crippen LogP contribution in [0.15, 0.2) is 12.7 Å². The molecule has 0 radical (unpaired) electrons. The molecule has 0 fully saturated rings. The van der Waals surface area contributed by atoms with Crippen LogP contribution in [0, 0.1) is 11.8 Å². The molecule has 0 rings (SSSR count). The lowest BCUT2D eigenvalue weighted by atomic mass is 10.4. The Balaban J connectivity index is 2.98. The third-order valence-electron chi connectivity index (χ3n) is 0.804. The molecule has 0 aliphatic rings. The van der Waals surface area contributed by atoms with E-state index >= 15 is 0 Å². The first-order chi connectivity index (χ1) is 4.41. The molecule has 0 atom stereocenters. The summed E-state index contributed by atoms with van der Waals surface area (Å²) in [4.78, 5) is 0. The highest BCUT2D eigenvalue weighted by molar-refractivity contribution is 4.99. The largest absolute Gasteiger partial charge is 0.303 e. The Hall–Kier alpha value is -0.740. The van der Waals surface area contributed by atoms with Crippen LogP contribution in [0.4, 0.5) is 0 Å². The van der Waals surface area contributed by atoms with Gasteiger partial charge in [-0.1, -0.05) is 18.9 Å². The second-order valence-electron chi connectivity index (χ2n) is 1.63. The Morgan fingerprint density at radius 1 is 1.56 bits per heavy atom. The molecule has 0 bridgehead atoms. The molecular formula is C8H13N. The van der Waals surface area contributed by atoms with E-state index in [0.717, 1.165) is 19.5 Å². The van der Waals surface area contributed by atoms with Gasteiger partial charge in [0, 0.05) is 13.0 Å². The Bertz CT molecular complexity index is 116. The highest BCUT2D eigenvalue weighted by atomic mass is 14.8. The summed E-state index contributed by atoms with van der Waals surface area (Å²) in [5.74, 6) is 5.92. The highest BCUT2D eigenvalue weighted by Gasteiger charge is 1.71. The predicted octanol–water partition coefficient (Wildman–Crippen LogP) is 1.18. The Morgan fingerprint density at radius 3 is 2.89 bits per heavy atom. The van der Waals surface area contributed by atoms with Gasteiger partial charge in [0.25, 0.3) is 0 Å². The van der Waals surface area contributed by atoms with Gasteiger partial charge in [0.05, 0.1) is 6.54 Å². The van der Waals surface area contributed by atoms with Gasteiger partial charge in [-0.05, 0) is 0 Å². The summed E-state index contributed by atoms with van der Waals surface area (Å²) < 4.78 is 0. The highest BCUT2D eigenvalue weighted by Crippen LogP contribution is 1.65. The summed E-state index contributed by atoms with van der Waals surface area (Å²) in [5.41, 5.74) is 0. The van der Waals surface area contributed by atoms with E-state index in [4.69, 9.17) is 0 Å². The molecule has 1 nitrogen and oxygen atoms in total. The van der Waals surface area contributed by atoms with Gasteiger partial charge >= 0.3 is 0 Å². The molecule has 0 saturated heterocycles. The SMILES string of the molecule is C=CCNCC#CCC. The lowest BCUT2D eigenvalue weighted by Gasteiger charge is -1.89. The summed E-state index contributed by atoms with van der Waals surface area (Å²) in [6, 6.07) is 0. The standard InChI is InChI=1S/C8H13N/c1-3-5-6-8-9-7-4-2/h4,9H,2-3,7-8H2,1H3. The van der Waals surface area contributed by atoms with Crippen LogP contribution in [-0.4, -0.2) is 13.1 Å². The normalized spacial score (nSPS) is 7.67. The first kappa shape index (κ1) is 8.26. The maximum absolute atomic E-state index is 3.57. The molecule has 1 N–H and O–H groups in total. The van der Waals surface area contributed by atoms with Crippen molar-refractivity contribution in [1.82, 2.24) is 5.32 Å². The van der Waals surface area contributed by atoms with Crippen molar-refractivity contribution in [2.45, 2.75) is 13.3 Å². The molecule has 0 amide bonds. The van der Waals surface area contributed by atoms with Crippen LogP contribution < -0.4 is 5.32 Å². The molecule has 0 aromatic carbocycles. The molecule has 0 saturated carbocycles. The molecule has 0 spiro atoms. The van der Waals surface area contributed by atoms with Crippen LogP contribution in [-0.2, 0) is 0 Å². The fraction of sp³-hybridized carbons (Fsp3) is 0.500. The van der Waals surface area contributed by atoms with Gasteiger partial charge in [0.15, 0.2) is 0 Å². The third kappa shape index (κ3) is 7.26. The summed E-state index contributed by atoms with van der Waals surface area (Å²) in [5, 5.41) is 3.08. The number of rotatable bonds is 3. The second-order valence-corrected chi connectivity index (χ2v) is 1.63. The molecule has 0 unspecified atom stereocenters. The van der Waals surface area contributed by atoms with Gasteiger partial charge in [-0.15, -0.1) is 12.5 Å². The van der Waals surface area contributed by atoms with Gasteiger partial charge in [0.2, 0.25) is 0 Å². The van der Waals surface area contributed by atoms with Crippen molar-refractivity contribution in [2.75, 3.05) is 13.1 Å². The average molecular weight is 123 g/mol. The quantitative estimate of drug-likeness (QED) is 0.337. The average Bonchev–Trinajstić information content (AvgIpc) is 1.89. The summed E-state index contributed by atoms with van der Waals surface area (Å²) >= 11 is 0. The van der Waals surface area contributed by atoms with Crippen molar-refractivity contribution >= 4 is 0 Å². The van der Waals surface area contributed by atoms with Crippen LogP contribution in [0.5, 0.6) is 0 Å². The van der Waals surface area contributed by atoms with E-state index in [0.29, 0.717) is 0 Å². The lowest BCUT2D eigenvalue weighted by molar-refractivity contribution is 0.857. The van der Waals surface area contributed by atoms with Crippen molar-refractivity contribution in [2.24, 2.45) is 0 Å². The van der Waals surface area contributed by atoms with Crippen molar-refractivity contribution < 1.29 is 0 Å². The predicted molar refractivity (Wildman–Crippen MR) is 41.1 cm³/mol. The fourth-order valence-corrected chi connectivity index (χ4v) is 0.424. The molecule has 1 heteroatoms. The van der Waals surface area contributed by atoms with Gasteiger partial charge in [0.1, 0.15) is 0 Å². The molecule has 0 heterocycles.